The van der Waals surface area contributed by atoms with E-state index in [0.29, 0.717) is 0 Å². The lowest BCUT2D eigenvalue weighted by atomic mass is 10.00. The molecule has 4 aromatic rings. The van der Waals surface area contributed by atoms with Gasteiger partial charge in [-0.25, -0.2) is 0 Å². The molecule has 0 heterocycles. The molecule has 0 heteroatoms. The molecule has 0 spiro atoms. The first-order chi connectivity index (χ1) is 10.9. The molecular weight excluding hydrogens is 264 g/mol. The SMILES string of the molecule is C=Cc1cccc2cc3ccccc3cc12.c1ccccc1. The van der Waals surface area contributed by atoms with Gasteiger partial charge in [0.25, 0.3) is 0 Å². The van der Waals surface area contributed by atoms with Gasteiger partial charge in [-0.05, 0) is 39.2 Å². The normalized spacial score (nSPS) is 10.0. The second kappa shape index (κ2) is 6.73. The molecule has 0 aromatic heterocycles. The van der Waals surface area contributed by atoms with Crippen molar-refractivity contribution in [1.82, 2.24) is 0 Å². The van der Waals surface area contributed by atoms with Crippen LogP contribution in [-0.4, -0.2) is 0 Å². The van der Waals surface area contributed by atoms with Gasteiger partial charge in [-0.15, -0.1) is 0 Å². The number of rotatable bonds is 1. The molecule has 22 heavy (non-hydrogen) atoms. The summed E-state index contributed by atoms with van der Waals surface area (Å²) in [5.74, 6) is 0. The Hall–Kier alpha value is -2.86. The van der Waals surface area contributed by atoms with Gasteiger partial charge in [-0.3, -0.25) is 0 Å². The summed E-state index contributed by atoms with van der Waals surface area (Å²) in [4.78, 5) is 0. The van der Waals surface area contributed by atoms with E-state index in [2.05, 4.69) is 61.2 Å². The van der Waals surface area contributed by atoms with Crippen LogP contribution >= 0.6 is 0 Å². The van der Waals surface area contributed by atoms with Crippen molar-refractivity contribution in [2.24, 2.45) is 0 Å². The van der Waals surface area contributed by atoms with Crippen LogP contribution in [0.3, 0.4) is 0 Å². The Kier molecular flexibility index (Phi) is 4.31. The van der Waals surface area contributed by atoms with Crippen molar-refractivity contribution < 1.29 is 0 Å². The quantitative estimate of drug-likeness (QED) is 0.358. The van der Waals surface area contributed by atoms with E-state index in [1.165, 1.54) is 27.1 Å². The van der Waals surface area contributed by atoms with E-state index in [4.69, 9.17) is 0 Å². The Bertz CT molecular complexity index is 862. The molecule has 106 valence electrons. The molecule has 0 nitrogen and oxygen atoms in total. The highest BCUT2D eigenvalue weighted by atomic mass is 14.0. The molecule has 0 radical (unpaired) electrons. The predicted octanol–water partition coefficient (Wildman–Crippen LogP) is 6.32. The highest BCUT2D eigenvalue weighted by Crippen LogP contribution is 2.25. The zero-order valence-corrected chi connectivity index (χ0v) is 12.4. The summed E-state index contributed by atoms with van der Waals surface area (Å²) in [6.07, 6.45) is 1.91. The number of hydrogen-bond donors (Lipinski definition) is 0. The minimum absolute atomic E-state index is 1.20. The van der Waals surface area contributed by atoms with E-state index >= 15 is 0 Å². The fraction of sp³-hybridized carbons (Fsp3) is 0. The molecule has 0 saturated heterocycles. The van der Waals surface area contributed by atoms with Gasteiger partial charge in [0, 0.05) is 0 Å². The fourth-order valence-electron chi connectivity index (χ4n) is 2.55. The Balaban J connectivity index is 0.000000202. The van der Waals surface area contributed by atoms with Crippen LogP contribution in [0.4, 0.5) is 0 Å². The smallest absolute Gasteiger partial charge is 0.0105 e. The van der Waals surface area contributed by atoms with Crippen molar-refractivity contribution in [2.75, 3.05) is 0 Å². The summed E-state index contributed by atoms with van der Waals surface area (Å²) < 4.78 is 0. The highest BCUT2D eigenvalue weighted by molar-refractivity contribution is 6.01. The van der Waals surface area contributed by atoms with Crippen LogP contribution in [-0.2, 0) is 0 Å². The molecule has 4 aromatic carbocycles. The maximum atomic E-state index is 3.86. The zero-order chi connectivity index (χ0) is 15.2. The molecule has 0 amide bonds. The Morgan fingerprint density at radius 2 is 1.09 bits per heavy atom. The van der Waals surface area contributed by atoms with Crippen molar-refractivity contribution in [3.8, 4) is 0 Å². The molecule has 4 rings (SSSR count). The summed E-state index contributed by atoms with van der Waals surface area (Å²) >= 11 is 0. The first kappa shape index (κ1) is 14.1. The van der Waals surface area contributed by atoms with E-state index in [-0.39, 0.29) is 0 Å². The van der Waals surface area contributed by atoms with Gasteiger partial charge in [0.15, 0.2) is 0 Å². The van der Waals surface area contributed by atoms with Gasteiger partial charge >= 0.3 is 0 Å². The van der Waals surface area contributed by atoms with Crippen LogP contribution in [0.1, 0.15) is 5.56 Å². The van der Waals surface area contributed by atoms with Crippen molar-refractivity contribution >= 4 is 27.6 Å². The fourth-order valence-corrected chi connectivity index (χ4v) is 2.55. The third kappa shape index (κ3) is 3.07. The van der Waals surface area contributed by atoms with Crippen molar-refractivity contribution in [3.05, 3.63) is 103 Å². The summed E-state index contributed by atoms with van der Waals surface area (Å²) in [6, 6.07) is 31.2. The van der Waals surface area contributed by atoms with Crippen molar-refractivity contribution in [1.29, 1.82) is 0 Å². The summed E-state index contributed by atoms with van der Waals surface area (Å²) in [6.45, 7) is 3.86. The molecule has 0 N–H and O–H groups in total. The summed E-state index contributed by atoms with van der Waals surface area (Å²) in [5.41, 5.74) is 1.20. The molecule has 0 aliphatic carbocycles. The molecule has 0 unspecified atom stereocenters. The average Bonchev–Trinajstić information content (AvgIpc) is 2.61. The van der Waals surface area contributed by atoms with Gasteiger partial charge in [-0.2, -0.15) is 0 Å². The maximum absolute atomic E-state index is 3.86. The average molecular weight is 282 g/mol. The molecule has 0 saturated carbocycles. The Labute approximate surface area is 131 Å². The van der Waals surface area contributed by atoms with E-state index in [9.17, 15) is 0 Å². The predicted molar refractivity (Wildman–Crippen MR) is 98.0 cm³/mol. The van der Waals surface area contributed by atoms with Crippen molar-refractivity contribution in [2.45, 2.75) is 0 Å². The lowest BCUT2D eigenvalue weighted by Crippen LogP contribution is -1.79. The van der Waals surface area contributed by atoms with Crippen LogP contribution in [0, 0.1) is 0 Å². The summed E-state index contributed by atoms with van der Waals surface area (Å²) in [5, 5.41) is 5.12. The monoisotopic (exact) mass is 282 g/mol. The second-order valence-electron chi connectivity index (χ2n) is 5.13. The van der Waals surface area contributed by atoms with Gasteiger partial charge in [0.2, 0.25) is 0 Å². The van der Waals surface area contributed by atoms with Crippen LogP contribution in [0.5, 0.6) is 0 Å². The van der Waals surface area contributed by atoms with E-state index in [1.54, 1.807) is 0 Å². The first-order valence-electron chi connectivity index (χ1n) is 7.42. The molecule has 0 fully saturated rings. The molecular formula is C22H18. The standard InChI is InChI=1S/C16H12.C6H6/c1-2-12-8-5-9-15-10-13-6-3-4-7-14(13)11-16(12)15;1-2-4-6-5-3-1/h2-11H,1H2;1-6H. The number of fused-ring (bicyclic) bond motifs is 2. The van der Waals surface area contributed by atoms with Gasteiger partial charge in [0.05, 0.1) is 0 Å². The largest absolute Gasteiger partial charge is 0.0984 e. The zero-order valence-electron chi connectivity index (χ0n) is 12.4. The Morgan fingerprint density at radius 3 is 1.68 bits per heavy atom. The lowest BCUT2D eigenvalue weighted by molar-refractivity contribution is 1.72. The molecule has 0 bridgehead atoms. The van der Waals surface area contributed by atoms with E-state index < -0.39 is 0 Å². The number of benzene rings is 4. The summed E-state index contributed by atoms with van der Waals surface area (Å²) in [7, 11) is 0. The van der Waals surface area contributed by atoms with Crippen molar-refractivity contribution in [3.63, 3.8) is 0 Å². The third-order valence-corrected chi connectivity index (χ3v) is 3.67. The molecule has 0 aliphatic rings. The lowest BCUT2D eigenvalue weighted by Gasteiger charge is -2.04. The molecule has 0 atom stereocenters. The van der Waals surface area contributed by atoms with Crippen LogP contribution in [0.25, 0.3) is 27.6 Å². The minimum Gasteiger partial charge on any atom is -0.0984 e. The van der Waals surface area contributed by atoms with E-state index in [1.807, 2.05) is 42.5 Å². The van der Waals surface area contributed by atoms with Gasteiger partial charge < -0.3 is 0 Å². The van der Waals surface area contributed by atoms with Crippen LogP contribution < -0.4 is 0 Å². The Morgan fingerprint density at radius 1 is 0.545 bits per heavy atom. The molecule has 0 aliphatic heterocycles. The van der Waals surface area contributed by atoms with Gasteiger partial charge in [0.1, 0.15) is 0 Å². The highest BCUT2D eigenvalue weighted by Gasteiger charge is 1.99. The minimum atomic E-state index is 1.20. The number of hydrogen-bond acceptors (Lipinski definition) is 0. The van der Waals surface area contributed by atoms with Crippen LogP contribution in [0.2, 0.25) is 0 Å². The van der Waals surface area contributed by atoms with E-state index in [0.717, 1.165) is 0 Å². The van der Waals surface area contributed by atoms with Crippen LogP contribution in [0.15, 0.2) is 97.6 Å². The maximum Gasteiger partial charge on any atom is -0.0105 e. The third-order valence-electron chi connectivity index (χ3n) is 3.67. The topological polar surface area (TPSA) is 0 Å². The van der Waals surface area contributed by atoms with Gasteiger partial charge in [-0.1, -0.05) is 91.5 Å². The first-order valence-corrected chi connectivity index (χ1v) is 7.42. The second-order valence-corrected chi connectivity index (χ2v) is 5.13.